The van der Waals surface area contributed by atoms with Gasteiger partial charge in [-0.15, -0.1) is 10.2 Å². The number of alkyl halides is 3. The summed E-state index contributed by atoms with van der Waals surface area (Å²) in [5.41, 5.74) is -2.13. The summed E-state index contributed by atoms with van der Waals surface area (Å²) in [7, 11) is 0. The monoisotopic (exact) mass is 487 g/mol. The second-order valence-electron chi connectivity index (χ2n) is 7.91. The highest BCUT2D eigenvalue weighted by molar-refractivity contribution is 7.99. The van der Waals surface area contributed by atoms with Crippen LogP contribution in [0.15, 0.2) is 34.5 Å². The number of halogens is 4. The van der Waals surface area contributed by atoms with E-state index in [-0.39, 0.29) is 22.4 Å². The molecular formula is C20H21ClF3N5O2S. The van der Waals surface area contributed by atoms with Gasteiger partial charge in [-0.25, -0.2) is 0 Å². The van der Waals surface area contributed by atoms with E-state index in [1.165, 1.54) is 6.92 Å². The third-order valence-electron chi connectivity index (χ3n) is 5.62. The SMILES string of the molecule is CCn1c(SCC(=O)N2N=C(C)C[C@@]2(O)C(F)(F)F)nnc1[C@H]1C[C@@H]1c1ccc(Cl)cc1. The van der Waals surface area contributed by atoms with Gasteiger partial charge in [0.1, 0.15) is 5.82 Å². The van der Waals surface area contributed by atoms with E-state index in [2.05, 4.69) is 15.3 Å². The van der Waals surface area contributed by atoms with Crippen LogP contribution in [0.1, 0.15) is 49.9 Å². The molecule has 1 aromatic carbocycles. The highest BCUT2D eigenvalue weighted by atomic mass is 35.5. The molecule has 0 spiro atoms. The van der Waals surface area contributed by atoms with Gasteiger partial charge >= 0.3 is 6.18 Å². The lowest BCUT2D eigenvalue weighted by atomic mass is 10.1. The van der Waals surface area contributed by atoms with Crippen LogP contribution >= 0.6 is 23.4 Å². The summed E-state index contributed by atoms with van der Waals surface area (Å²) >= 11 is 6.93. The first-order valence-corrected chi connectivity index (χ1v) is 11.4. The lowest BCUT2D eigenvalue weighted by Crippen LogP contribution is -2.57. The summed E-state index contributed by atoms with van der Waals surface area (Å²) in [5, 5.41) is 23.4. The molecule has 0 saturated heterocycles. The zero-order chi connectivity index (χ0) is 23.3. The van der Waals surface area contributed by atoms with E-state index in [0.29, 0.717) is 22.6 Å². The van der Waals surface area contributed by atoms with Gasteiger partial charge in [-0.2, -0.15) is 23.3 Å². The molecule has 1 saturated carbocycles. The number of rotatable bonds is 6. The Balaban J connectivity index is 1.45. The second-order valence-corrected chi connectivity index (χ2v) is 9.28. The number of hydrogen-bond donors (Lipinski definition) is 1. The highest BCUT2D eigenvalue weighted by Crippen LogP contribution is 2.54. The quantitative estimate of drug-likeness (QED) is 0.618. The number of thioether (sulfide) groups is 1. The van der Waals surface area contributed by atoms with Crippen LogP contribution in [-0.4, -0.2) is 54.2 Å². The third-order valence-corrected chi connectivity index (χ3v) is 6.82. The average molecular weight is 488 g/mol. The smallest absolute Gasteiger partial charge is 0.362 e. The molecule has 2 aromatic rings. The van der Waals surface area contributed by atoms with Gasteiger partial charge < -0.3 is 9.67 Å². The van der Waals surface area contributed by atoms with Crippen LogP contribution in [0.4, 0.5) is 13.2 Å². The Morgan fingerprint density at radius 2 is 1.97 bits per heavy atom. The van der Waals surface area contributed by atoms with Crippen molar-refractivity contribution in [3.63, 3.8) is 0 Å². The zero-order valence-electron chi connectivity index (χ0n) is 17.3. The van der Waals surface area contributed by atoms with Crippen molar-refractivity contribution in [3.05, 3.63) is 40.7 Å². The number of carbonyl (C=O) groups is 1. The van der Waals surface area contributed by atoms with E-state index in [1.54, 1.807) is 0 Å². The summed E-state index contributed by atoms with van der Waals surface area (Å²) in [6.45, 7) is 3.80. The fourth-order valence-electron chi connectivity index (χ4n) is 3.93. The third kappa shape index (κ3) is 4.13. The molecule has 12 heteroatoms. The molecule has 4 rings (SSSR count). The van der Waals surface area contributed by atoms with E-state index < -0.39 is 24.2 Å². The fourth-order valence-corrected chi connectivity index (χ4v) is 4.91. The predicted octanol–water partition coefficient (Wildman–Crippen LogP) is 4.17. The lowest BCUT2D eigenvalue weighted by Gasteiger charge is -2.32. The molecule has 0 unspecified atom stereocenters. The van der Waals surface area contributed by atoms with E-state index in [0.717, 1.165) is 29.6 Å². The van der Waals surface area contributed by atoms with Gasteiger partial charge in [0.2, 0.25) is 0 Å². The maximum Gasteiger partial charge on any atom is 0.438 e. The van der Waals surface area contributed by atoms with Gasteiger partial charge in [0.05, 0.1) is 5.75 Å². The van der Waals surface area contributed by atoms with Crippen molar-refractivity contribution in [3.8, 4) is 0 Å². The molecule has 0 radical (unpaired) electrons. The molecule has 1 aromatic heterocycles. The number of benzene rings is 1. The van der Waals surface area contributed by atoms with Crippen molar-refractivity contribution in [2.24, 2.45) is 5.10 Å². The Bertz CT molecular complexity index is 1060. The van der Waals surface area contributed by atoms with Crippen molar-refractivity contribution < 1.29 is 23.1 Å². The summed E-state index contributed by atoms with van der Waals surface area (Å²) in [6, 6.07) is 7.64. The average Bonchev–Trinajstić information content (AvgIpc) is 3.29. The van der Waals surface area contributed by atoms with Crippen LogP contribution < -0.4 is 0 Å². The Labute approximate surface area is 191 Å². The maximum absolute atomic E-state index is 13.4. The van der Waals surface area contributed by atoms with Gasteiger partial charge in [-0.1, -0.05) is 35.5 Å². The Hall–Kier alpha value is -2.11. The predicted molar refractivity (Wildman–Crippen MR) is 114 cm³/mol. The summed E-state index contributed by atoms with van der Waals surface area (Å²) < 4.78 is 41.9. The van der Waals surface area contributed by atoms with Crippen molar-refractivity contribution in [2.45, 2.75) is 62.1 Å². The van der Waals surface area contributed by atoms with E-state index in [1.807, 2.05) is 35.8 Å². The zero-order valence-corrected chi connectivity index (χ0v) is 18.9. The minimum absolute atomic E-state index is 0.0316. The normalized spacial score (nSPS) is 25.2. The molecule has 32 heavy (non-hydrogen) atoms. The molecule has 1 aliphatic heterocycles. The Kier molecular flexibility index (Phi) is 6.01. The van der Waals surface area contributed by atoms with Crippen molar-refractivity contribution >= 4 is 35.0 Å². The van der Waals surface area contributed by atoms with Gasteiger partial charge in [-0.3, -0.25) is 4.79 Å². The number of aliphatic hydroxyl groups is 1. The van der Waals surface area contributed by atoms with Crippen LogP contribution in [-0.2, 0) is 11.3 Å². The largest absolute Gasteiger partial charge is 0.438 e. The van der Waals surface area contributed by atoms with Gasteiger partial charge in [0, 0.05) is 29.6 Å². The minimum Gasteiger partial charge on any atom is -0.362 e. The Morgan fingerprint density at radius 1 is 1.28 bits per heavy atom. The van der Waals surface area contributed by atoms with E-state index >= 15 is 0 Å². The molecule has 1 amide bonds. The minimum atomic E-state index is -5.02. The summed E-state index contributed by atoms with van der Waals surface area (Å²) in [6.07, 6.45) is -4.88. The number of aromatic nitrogens is 3. The van der Waals surface area contributed by atoms with Gasteiger partial charge in [0.15, 0.2) is 5.16 Å². The molecule has 2 aliphatic rings. The van der Waals surface area contributed by atoms with Gasteiger partial charge in [-0.05, 0) is 43.9 Å². The van der Waals surface area contributed by atoms with E-state index in [9.17, 15) is 23.1 Å². The molecule has 172 valence electrons. The Morgan fingerprint density at radius 3 is 2.59 bits per heavy atom. The molecule has 3 atom stereocenters. The first-order chi connectivity index (χ1) is 15.0. The van der Waals surface area contributed by atoms with Gasteiger partial charge in [0.25, 0.3) is 11.6 Å². The number of carbonyl (C=O) groups excluding carboxylic acids is 1. The maximum atomic E-state index is 13.4. The topological polar surface area (TPSA) is 83.6 Å². The number of amides is 1. The highest BCUT2D eigenvalue weighted by Gasteiger charge is 2.62. The molecule has 1 fully saturated rings. The first-order valence-electron chi connectivity index (χ1n) is 10.0. The number of hydrazone groups is 1. The van der Waals surface area contributed by atoms with Crippen molar-refractivity contribution in [2.75, 3.05) is 5.75 Å². The van der Waals surface area contributed by atoms with Crippen LogP contribution in [0.25, 0.3) is 0 Å². The molecule has 0 bridgehead atoms. The molecule has 2 heterocycles. The first kappa shape index (κ1) is 23.1. The second kappa shape index (κ2) is 8.35. The summed E-state index contributed by atoms with van der Waals surface area (Å²) in [4.78, 5) is 12.5. The van der Waals surface area contributed by atoms with E-state index in [4.69, 9.17) is 11.6 Å². The van der Waals surface area contributed by atoms with Crippen LogP contribution in [0, 0.1) is 0 Å². The van der Waals surface area contributed by atoms with Crippen molar-refractivity contribution in [1.82, 2.24) is 19.8 Å². The standard InChI is InChI=1S/C20H21ClF3N5O2S/c1-3-28-17(15-8-14(15)12-4-6-13(21)7-5-12)25-26-18(28)32-10-16(30)29-19(31,20(22,23)24)9-11(2)27-29/h4-7,14-15,31H,3,8-10H2,1-2H3/t14-,15+,19-/m1/s1. The molecule has 1 aliphatic carbocycles. The molecule has 7 nitrogen and oxygen atoms in total. The lowest BCUT2D eigenvalue weighted by molar-refractivity contribution is -0.301. The summed E-state index contributed by atoms with van der Waals surface area (Å²) in [5.74, 6) is -0.0631. The van der Waals surface area contributed by atoms with Crippen LogP contribution in [0.5, 0.6) is 0 Å². The number of hydrogen-bond acceptors (Lipinski definition) is 6. The molecular weight excluding hydrogens is 467 g/mol. The fraction of sp³-hybridized carbons (Fsp3) is 0.500. The van der Waals surface area contributed by atoms with Crippen molar-refractivity contribution in [1.29, 1.82) is 0 Å². The number of nitrogens with zero attached hydrogens (tertiary/aromatic N) is 5. The van der Waals surface area contributed by atoms with Crippen LogP contribution in [0.3, 0.4) is 0 Å². The van der Waals surface area contributed by atoms with Crippen LogP contribution in [0.2, 0.25) is 5.02 Å². The molecule has 1 N–H and O–H groups in total.